The van der Waals surface area contributed by atoms with E-state index in [4.69, 9.17) is 0 Å². The van der Waals surface area contributed by atoms with Crippen LogP contribution in [0.5, 0.6) is 0 Å². The second-order valence-corrected chi connectivity index (χ2v) is 6.43. The standard InChI is InChI=1S/C19H21FO/c1-19(21,12-14-6-9-18(20)10-7-14)13-15-5-8-16-3-2-4-17(16)11-15/h5-11,21H,2-4,12-13H2,1H3. The molecule has 0 fully saturated rings. The van der Waals surface area contributed by atoms with Gasteiger partial charge in [-0.25, -0.2) is 4.39 Å². The molecule has 1 atom stereocenters. The van der Waals surface area contributed by atoms with Crippen LogP contribution in [0.25, 0.3) is 0 Å². The fourth-order valence-electron chi connectivity index (χ4n) is 3.28. The Morgan fingerprint density at radius 3 is 2.33 bits per heavy atom. The van der Waals surface area contributed by atoms with Gasteiger partial charge < -0.3 is 5.11 Å². The summed E-state index contributed by atoms with van der Waals surface area (Å²) in [5, 5.41) is 10.6. The van der Waals surface area contributed by atoms with Gasteiger partial charge in [0.2, 0.25) is 0 Å². The lowest BCUT2D eigenvalue weighted by Gasteiger charge is -2.24. The molecule has 0 aliphatic heterocycles. The van der Waals surface area contributed by atoms with E-state index in [9.17, 15) is 9.50 Å². The average molecular weight is 284 g/mol. The highest BCUT2D eigenvalue weighted by molar-refractivity contribution is 5.36. The first-order valence-corrected chi connectivity index (χ1v) is 7.59. The maximum absolute atomic E-state index is 12.9. The van der Waals surface area contributed by atoms with Gasteiger partial charge in [-0.2, -0.15) is 0 Å². The molecule has 2 aromatic rings. The molecule has 3 rings (SSSR count). The maximum Gasteiger partial charge on any atom is 0.123 e. The van der Waals surface area contributed by atoms with Crippen LogP contribution in [0.2, 0.25) is 0 Å². The zero-order valence-corrected chi connectivity index (χ0v) is 12.4. The minimum absolute atomic E-state index is 0.239. The van der Waals surface area contributed by atoms with Gasteiger partial charge in [0.15, 0.2) is 0 Å². The zero-order chi connectivity index (χ0) is 14.9. The van der Waals surface area contributed by atoms with Crippen LogP contribution >= 0.6 is 0 Å². The summed E-state index contributed by atoms with van der Waals surface area (Å²) < 4.78 is 12.9. The van der Waals surface area contributed by atoms with Crippen LogP contribution in [-0.2, 0) is 25.7 Å². The Hall–Kier alpha value is -1.67. The van der Waals surface area contributed by atoms with Crippen molar-refractivity contribution in [3.05, 3.63) is 70.5 Å². The van der Waals surface area contributed by atoms with Gasteiger partial charge in [0.25, 0.3) is 0 Å². The molecule has 0 radical (unpaired) electrons. The van der Waals surface area contributed by atoms with Crippen LogP contribution in [-0.4, -0.2) is 10.7 Å². The number of rotatable bonds is 4. The van der Waals surface area contributed by atoms with E-state index in [1.807, 2.05) is 6.92 Å². The van der Waals surface area contributed by atoms with Crippen molar-refractivity contribution >= 4 is 0 Å². The molecule has 0 spiro atoms. The van der Waals surface area contributed by atoms with Gasteiger partial charge in [-0.1, -0.05) is 30.3 Å². The first kappa shape index (κ1) is 14.3. The van der Waals surface area contributed by atoms with Crippen molar-refractivity contribution in [3.8, 4) is 0 Å². The lowest BCUT2D eigenvalue weighted by molar-refractivity contribution is 0.0608. The van der Waals surface area contributed by atoms with Crippen LogP contribution in [0.3, 0.4) is 0 Å². The summed E-state index contributed by atoms with van der Waals surface area (Å²) in [6.07, 6.45) is 4.73. The molecule has 0 heterocycles. The number of aliphatic hydroxyl groups is 1. The fourth-order valence-corrected chi connectivity index (χ4v) is 3.28. The zero-order valence-electron chi connectivity index (χ0n) is 12.4. The van der Waals surface area contributed by atoms with Gasteiger partial charge in [-0.15, -0.1) is 0 Å². The lowest BCUT2D eigenvalue weighted by atomic mass is 9.89. The molecule has 1 N–H and O–H groups in total. The molecule has 1 unspecified atom stereocenters. The molecule has 1 aliphatic rings. The number of halogens is 1. The molecule has 110 valence electrons. The van der Waals surface area contributed by atoms with E-state index >= 15 is 0 Å². The molecule has 0 aromatic heterocycles. The minimum Gasteiger partial charge on any atom is -0.389 e. The first-order chi connectivity index (χ1) is 10.0. The molecular weight excluding hydrogens is 263 g/mol. The highest BCUT2D eigenvalue weighted by Crippen LogP contribution is 2.25. The van der Waals surface area contributed by atoms with Crippen molar-refractivity contribution in [1.29, 1.82) is 0 Å². The van der Waals surface area contributed by atoms with Crippen molar-refractivity contribution in [2.24, 2.45) is 0 Å². The smallest absolute Gasteiger partial charge is 0.123 e. The van der Waals surface area contributed by atoms with E-state index in [1.165, 1.54) is 41.7 Å². The number of hydrogen-bond donors (Lipinski definition) is 1. The summed E-state index contributed by atoms with van der Waals surface area (Å²) in [6.45, 7) is 1.85. The highest BCUT2D eigenvalue weighted by Gasteiger charge is 2.22. The summed E-state index contributed by atoms with van der Waals surface area (Å²) in [5.41, 5.74) is 4.22. The van der Waals surface area contributed by atoms with Crippen LogP contribution in [0.4, 0.5) is 4.39 Å². The monoisotopic (exact) mass is 284 g/mol. The lowest BCUT2D eigenvalue weighted by Crippen LogP contribution is -2.30. The Kier molecular flexibility index (Phi) is 3.81. The average Bonchev–Trinajstić information content (AvgIpc) is 2.88. The van der Waals surface area contributed by atoms with E-state index in [1.54, 1.807) is 12.1 Å². The Bertz CT molecular complexity index is 629. The second-order valence-electron chi connectivity index (χ2n) is 6.43. The highest BCUT2D eigenvalue weighted by atomic mass is 19.1. The van der Waals surface area contributed by atoms with Gasteiger partial charge in [-0.05, 0) is 60.6 Å². The Balaban J connectivity index is 1.71. The SMILES string of the molecule is CC(O)(Cc1ccc(F)cc1)Cc1ccc2c(c1)CCC2. The molecular formula is C19H21FO. The summed E-state index contributed by atoms with van der Waals surface area (Å²) in [7, 11) is 0. The van der Waals surface area contributed by atoms with Crippen molar-refractivity contribution in [1.82, 2.24) is 0 Å². The van der Waals surface area contributed by atoms with E-state index in [-0.39, 0.29) is 5.82 Å². The summed E-state index contributed by atoms with van der Waals surface area (Å²) in [6, 6.07) is 12.9. The Labute approximate surface area is 125 Å². The van der Waals surface area contributed by atoms with E-state index in [0.717, 1.165) is 12.0 Å². The van der Waals surface area contributed by atoms with E-state index in [0.29, 0.717) is 12.8 Å². The van der Waals surface area contributed by atoms with Gasteiger partial charge in [0, 0.05) is 12.8 Å². The Morgan fingerprint density at radius 1 is 0.952 bits per heavy atom. The fraction of sp³-hybridized carbons (Fsp3) is 0.368. The molecule has 0 saturated carbocycles. The van der Waals surface area contributed by atoms with Crippen molar-refractivity contribution < 1.29 is 9.50 Å². The predicted octanol–water partition coefficient (Wildman–Crippen LogP) is 3.85. The molecule has 21 heavy (non-hydrogen) atoms. The third kappa shape index (κ3) is 3.51. The number of benzene rings is 2. The first-order valence-electron chi connectivity index (χ1n) is 7.59. The topological polar surface area (TPSA) is 20.2 Å². The molecule has 1 nitrogen and oxygen atoms in total. The molecule has 1 aliphatic carbocycles. The summed E-state index contributed by atoms with van der Waals surface area (Å²) in [4.78, 5) is 0. The van der Waals surface area contributed by atoms with Crippen LogP contribution in [0.15, 0.2) is 42.5 Å². The van der Waals surface area contributed by atoms with Crippen LogP contribution in [0, 0.1) is 5.82 Å². The van der Waals surface area contributed by atoms with E-state index < -0.39 is 5.60 Å². The van der Waals surface area contributed by atoms with Crippen molar-refractivity contribution in [2.45, 2.75) is 44.6 Å². The summed E-state index contributed by atoms with van der Waals surface area (Å²) >= 11 is 0. The van der Waals surface area contributed by atoms with E-state index in [2.05, 4.69) is 18.2 Å². The maximum atomic E-state index is 12.9. The van der Waals surface area contributed by atoms with Gasteiger partial charge in [0.05, 0.1) is 5.60 Å². The molecule has 0 saturated heterocycles. The second kappa shape index (κ2) is 5.61. The quantitative estimate of drug-likeness (QED) is 0.904. The number of hydrogen-bond acceptors (Lipinski definition) is 1. The van der Waals surface area contributed by atoms with Crippen LogP contribution in [0.1, 0.15) is 35.6 Å². The Morgan fingerprint density at radius 2 is 1.57 bits per heavy atom. The molecule has 2 heteroatoms. The minimum atomic E-state index is -0.815. The number of fused-ring (bicyclic) bond motifs is 1. The molecule has 2 aromatic carbocycles. The molecule has 0 amide bonds. The third-order valence-corrected chi connectivity index (χ3v) is 4.25. The summed E-state index contributed by atoms with van der Waals surface area (Å²) in [5.74, 6) is -0.239. The van der Waals surface area contributed by atoms with Crippen molar-refractivity contribution in [2.75, 3.05) is 0 Å². The van der Waals surface area contributed by atoms with Gasteiger partial charge in [0.1, 0.15) is 5.82 Å². The van der Waals surface area contributed by atoms with Gasteiger partial charge >= 0.3 is 0 Å². The predicted molar refractivity (Wildman–Crippen MR) is 82.9 cm³/mol. The van der Waals surface area contributed by atoms with Crippen molar-refractivity contribution in [3.63, 3.8) is 0 Å². The van der Waals surface area contributed by atoms with Crippen LogP contribution < -0.4 is 0 Å². The number of aryl methyl sites for hydroxylation is 2. The third-order valence-electron chi connectivity index (χ3n) is 4.25. The normalized spacial score (nSPS) is 16.5. The van der Waals surface area contributed by atoms with Gasteiger partial charge in [-0.3, -0.25) is 0 Å². The largest absolute Gasteiger partial charge is 0.389 e. The molecule has 0 bridgehead atoms.